The molecule has 1 N–H and O–H groups in total. The van der Waals surface area contributed by atoms with Crippen LogP contribution in [0.25, 0.3) is 0 Å². The fraction of sp³-hybridized carbons (Fsp3) is 0.625. The first-order valence-corrected chi connectivity index (χ1v) is 7.73. The summed E-state index contributed by atoms with van der Waals surface area (Å²) in [6.45, 7) is 14.5. The predicted molar refractivity (Wildman–Crippen MR) is 83.6 cm³/mol. The van der Waals surface area contributed by atoms with E-state index in [1.54, 1.807) is 0 Å². The van der Waals surface area contributed by atoms with Crippen molar-refractivity contribution in [3.63, 3.8) is 0 Å². The van der Waals surface area contributed by atoms with E-state index in [4.69, 9.17) is 0 Å². The second-order valence-electron chi connectivity index (χ2n) is 5.94. The van der Waals surface area contributed by atoms with Crippen LogP contribution in [0.2, 0.25) is 0 Å². The minimum Gasteiger partial charge on any atom is -0.313 e. The highest BCUT2D eigenvalue weighted by Gasteiger charge is 2.15. The van der Waals surface area contributed by atoms with Crippen LogP contribution in [0.3, 0.4) is 0 Å². The molecule has 0 saturated carbocycles. The number of thioether (sulfide) groups is 1. The van der Waals surface area contributed by atoms with Crippen molar-refractivity contribution in [3.05, 3.63) is 29.8 Å². The van der Waals surface area contributed by atoms with Crippen molar-refractivity contribution in [2.45, 2.75) is 63.1 Å². The van der Waals surface area contributed by atoms with Gasteiger partial charge < -0.3 is 5.32 Å². The fourth-order valence-corrected chi connectivity index (χ4v) is 2.86. The van der Waals surface area contributed by atoms with E-state index in [0.29, 0.717) is 11.3 Å². The zero-order valence-corrected chi connectivity index (χ0v) is 13.4. The molecule has 0 fully saturated rings. The fourth-order valence-electron chi connectivity index (χ4n) is 1.84. The molecule has 0 amide bonds. The number of rotatable bonds is 5. The average Bonchev–Trinajstić information content (AvgIpc) is 2.28. The second-order valence-corrected chi connectivity index (χ2v) is 7.39. The molecular weight excluding hydrogens is 238 g/mol. The van der Waals surface area contributed by atoms with E-state index >= 15 is 0 Å². The summed E-state index contributed by atoms with van der Waals surface area (Å²) in [5.41, 5.74) is 1.64. The smallest absolute Gasteiger partial charge is 0.0217 e. The maximum Gasteiger partial charge on any atom is 0.0217 e. The molecule has 0 aromatic heterocycles. The largest absolute Gasteiger partial charge is 0.313 e. The summed E-state index contributed by atoms with van der Waals surface area (Å²) in [6.07, 6.45) is 0. The molecule has 1 aromatic rings. The van der Waals surface area contributed by atoms with E-state index in [1.165, 1.54) is 10.5 Å². The van der Waals surface area contributed by atoms with Crippen molar-refractivity contribution in [3.8, 4) is 0 Å². The van der Waals surface area contributed by atoms with Crippen LogP contribution >= 0.6 is 11.8 Å². The summed E-state index contributed by atoms with van der Waals surface area (Å²) in [6, 6.07) is 9.56. The average molecular weight is 265 g/mol. The van der Waals surface area contributed by atoms with E-state index in [9.17, 15) is 0 Å². The third-order valence-electron chi connectivity index (χ3n) is 3.27. The predicted octanol–water partition coefficient (Wildman–Crippen LogP) is 4.46. The van der Waals surface area contributed by atoms with Crippen LogP contribution in [-0.2, 0) is 5.41 Å². The van der Waals surface area contributed by atoms with Crippen molar-refractivity contribution < 1.29 is 0 Å². The lowest BCUT2D eigenvalue weighted by Crippen LogP contribution is -2.33. The van der Waals surface area contributed by atoms with Gasteiger partial charge in [-0.15, -0.1) is 11.8 Å². The van der Waals surface area contributed by atoms with Gasteiger partial charge in [0.15, 0.2) is 0 Å². The summed E-state index contributed by atoms with van der Waals surface area (Å²) < 4.78 is 0. The third kappa shape index (κ3) is 4.66. The highest BCUT2D eigenvalue weighted by molar-refractivity contribution is 8.00. The first-order valence-electron chi connectivity index (χ1n) is 6.85. The molecule has 0 aliphatic rings. The van der Waals surface area contributed by atoms with Crippen LogP contribution in [0.15, 0.2) is 29.2 Å². The van der Waals surface area contributed by atoms with Crippen LogP contribution in [0, 0.1) is 0 Å². The first-order chi connectivity index (χ1) is 8.34. The lowest BCUT2D eigenvalue weighted by Gasteiger charge is -2.22. The molecule has 2 atom stereocenters. The topological polar surface area (TPSA) is 12.0 Å². The maximum absolute atomic E-state index is 3.48. The molecule has 0 heterocycles. The van der Waals surface area contributed by atoms with Gasteiger partial charge in [0.25, 0.3) is 0 Å². The van der Waals surface area contributed by atoms with Gasteiger partial charge in [-0.25, -0.2) is 0 Å². The zero-order valence-electron chi connectivity index (χ0n) is 12.6. The molecule has 102 valence electrons. The number of nitrogens with one attached hydrogen (secondary N) is 1. The van der Waals surface area contributed by atoms with Crippen molar-refractivity contribution in [2.24, 2.45) is 0 Å². The highest BCUT2D eigenvalue weighted by atomic mass is 32.2. The monoisotopic (exact) mass is 265 g/mol. The number of hydrogen-bond acceptors (Lipinski definition) is 2. The molecule has 0 radical (unpaired) electrons. The minimum atomic E-state index is 0.242. The Labute approximate surface area is 117 Å². The molecule has 2 heteroatoms. The summed E-state index contributed by atoms with van der Waals surface area (Å²) >= 11 is 1.95. The van der Waals surface area contributed by atoms with Gasteiger partial charge in [-0.05, 0) is 36.6 Å². The summed E-state index contributed by atoms with van der Waals surface area (Å²) in [7, 11) is 0. The Morgan fingerprint density at radius 1 is 1.11 bits per heavy atom. The van der Waals surface area contributed by atoms with Crippen LogP contribution < -0.4 is 5.32 Å². The summed E-state index contributed by atoms with van der Waals surface area (Å²) in [4.78, 5) is 1.36. The number of hydrogen-bond donors (Lipinski definition) is 1. The third-order valence-corrected chi connectivity index (χ3v) is 4.60. The lowest BCUT2D eigenvalue weighted by atomic mass is 9.87. The Bertz CT molecular complexity index is 350. The van der Waals surface area contributed by atoms with Crippen molar-refractivity contribution in [1.29, 1.82) is 0 Å². The van der Waals surface area contributed by atoms with Crippen LogP contribution in [-0.4, -0.2) is 17.8 Å². The lowest BCUT2D eigenvalue weighted by molar-refractivity contribution is 0.563. The molecule has 0 bridgehead atoms. The van der Waals surface area contributed by atoms with Gasteiger partial charge in [0.2, 0.25) is 0 Å². The molecular formula is C16H27NS. The normalized spacial score (nSPS) is 15.4. The molecule has 0 aliphatic carbocycles. The summed E-state index contributed by atoms with van der Waals surface area (Å²) in [5, 5.41) is 4.07. The Hall–Kier alpha value is -0.470. The van der Waals surface area contributed by atoms with Gasteiger partial charge in [-0.3, -0.25) is 0 Å². The SMILES string of the molecule is CCNC(C)C(C)Sc1ccc(C(C)(C)C)cc1. The van der Waals surface area contributed by atoms with E-state index in [0.717, 1.165) is 6.54 Å². The van der Waals surface area contributed by atoms with E-state index < -0.39 is 0 Å². The molecule has 0 aliphatic heterocycles. The van der Waals surface area contributed by atoms with Gasteiger partial charge >= 0.3 is 0 Å². The second kappa shape index (κ2) is 6.63. The molecule has 1 aromatic carbocycles. The highest BCUT2D eigenvalue weighted by Crippen LogP contribution is 2.28. The summed E-state index contributed by atoms with van der Waals surface area (Å²) in [5.74, 6) is 0. The van der Waals surface area contributed by atoms with Gasteiger partial charge in [0, 0.05) is 16.2 Å². The van der Waals surface area contributed by atoms with Crippen molar-refractivity contribution in [1.82, 2.24) is 5.32 Å². The van der Waals surface area contributed by atoms with Crippen LogP contribution in [0.4, 0.5) is 0 Å². The van der Waals surface area contributed by atoms with Crippen LogP contribution in [0.5, 0.6) is 0 Å². The van der Waals surface area contributed by atoms with E-state index in [2.05, 4.69) is 71.1 Å². The maximum atomic E-state index is 3.48. The zero-order chi connectivity index (χ0) is 13.8. The van der Waals surface area contributed by atoms with Gasteiger partial charge in [0.1, 0.15) is 0 Å². The molecule has 1 nitrogen and oxygen atoms in total. The van der Waals surface area contributed by atoms with Crippen molar-refractivity contribution in [2.75, 3.05) is 6.54 Å². The first kappa shape index (κ1) is 15.6. The molecule has 2 unspecified atom stereocenters. The van der Waals surface area contributed by atoms with Crippen LogP contribution in [0.1, 0.15) is 47.1 Å². The van der Waals surface area contributed by atoms with Gasteiger partial charge in [-0.1, -0.05) is 46.8 Å². The molecule has 0 spiro atoms. The Morgan fingerprint density at radius 2 is 1.67 bits per heavy atom. The molecule has 1 rings (SSSR count). The number of benzene rings is 1. The minimum absolute atomic E-state index is 0.242. The Balaban J connectivity index is 2.64. The Kier molecular flexibility index (Phi) is 5.74. The quantitative estimate of drug-likeness (QED) is 0.789. The van der Waals surface area contributed by atoms with Gasteiger partial charge in [0.05, 0.1) is 0 Å². The molecule has 0 saturated heterocycles. The Morgan fingerprint density at radius 3 is 2.11 bits per heavy atom. The van der Waals surface area contributed by atoms with Crippen molar-refractivity contribution >= 4 is 11.8 Å². The molecule has 18 heavy (non-hydrogen) atoms. The van der Waals surface area contributed by atoms with E-state index in [-0.39, 0.29) is 5.41 Å². The van der Waals surface area contributed by atoms with Gasteiger partial charge in [-0.2, -0.15) is 0 Å². The standard InChI is InChI=1S/C16H27NS/c1-7-17-12(2)13(3)18-15-10-8-14(9-11-15)16(4,5)6/h8-13,17H,7H2,1-6H3. The van der Waals surface area contributed by atoms with E-state index in [1.807, 2.05) is 11.8 Å².